The number of nitrogens with one attached hydrogen (secondary N) is 2. The number of H-pyrrole nitrogens is 1. The number of rotatable bonds is 5. The normalized spacial score (nSPS) is 11.4. The molecular weight excluding hydrogens is 432 g/mol. The predicted octanol–water partition coefficient (Wildman–Crippen LogP) is 1.78. The first-order chi connectivity index (χ1) is 15.1. The van der Waals surface area contributed by atoms with Crippen molar-refractivity contribution in [1.29, 1.82) is 0 Å². The van der Waals surface area contributed by atoms with Crippen LogP contribution in [0.5, 0.6) is 0 Å². The Labute approximate surface area is 182 Å². The number of aryl methyl sites for hydroxylation is 1. The van der Waals surface area contributed by atoms with E-state index in [1.54, 1.807) is 37.3 Å². The zero-order valence-corrected chi connectivity index (χ0v) is 17.6. The fraction of sp³-hybridized carbons (Fsp3) is 0.0476. The number of hydrogen-bond donors (Lipinski definition) is 4. The second-order valence-corrected chi connectivity index (χ2v) is 8.66. The number of fused-ring (bicyclic) bond motifs is 1. The van der Waals surface area contributed by atoms with Crippen LogP contribution in [0.25, 0.3) is 22.0 Å². The van der Waals surface area contributed by atoms with Gasteiger partial charge in [-0.15, -0.1) is 0 Å². The van der Waals surface area contributed by atoms with Gasteiger partial charge in [0.25, 0.3) is 5.56 Å². The highest BCUT2D eigenvalue weighted by atomic mass is 32.2. The number of carbonyl (C=O) groups is 1. The number of hydrogen-bond acceptors (Lipinski definition) is 7. The van der Waals surface area contributed by atoms with Crippen LogP contribution in [0.15, 0.2) is 64.7 Å². The van der Waals surface area contributed by atoms with Crippen LogP contribution in [0.1, 0.15) is 15.9 Å². The fourth-order valence-electron chi connectivity index (χ4n) is 3.25. The van der Waals surface area contributed by atoms with Crippen LogP contribution in [0.4, 0.5) is 11.5 Å². The maximum Gasteiger partial charge on any atom is 0.259 e. The predicted molar refractivity (Wildman–Crippen MR) is 120 cm³/mol. The molecule has 0 atom stereocenters. The maximum absolute atomic E-state index is 12.5. The minimum atomic E-state index is -3.96. The molecule has 3 aromatic heterocycles. The summed E-state index contributed by atoms with van der Waals surface area (Å²) in [6, 6.07) is 9.57. The smallest absolute Gasteiger partial charge is 0.259 e. The van der Waals surface area contributed by atoms with Gasteiger partial charge >= 0.3 is 0 Å². The van der Waals surface area contributed by atoms with E-state index in [0.29, 0.717) is 38.8 Å². The number of sulfonamides is 1. The summed E-state index contributed by atoms with van der Waals surface area (Å²) in [6.45, 7) is 1.78. The number of carbonyl (C=O) groups excluding carboxylic acids is 1. The largest absolute Gasteiger partial charge is 0.366 e. The molecule has 0 saturated heterocycles. The number of primary sulfonamides is 1. The van der Waals surface area contributed by atoms with Crippen molar-refractivity contribution in [3.63, 3.8) is 0 Å². The number of aromatic nitrogens is 3. The molecule has 1 aromatic carbocycles. The van der Waals surface area contributed by atoms with E-state index >= 15 is 0 Å². The third kappa shape index (κ3) is 4.06. The first-order valence-corrected chi connectivity index (χ1v) is 10.9. The molecule has 0 bridgehead atoms. The van der Waals surface area contributed by atoms with Gasteiger partial charge in [0.1, 0.15) is 10.7 Å². The van der Waals surface area contributed by atoms with Gasteiger partial charge in [0.15, 0.2) is 0 Å². The number of primary amides is 1. The first-order valence-electron chi connectivity index (χ1n) is 9.31. The van der Waals surface area contributed by atoms with E-state index in [1.165, 1.54) is 18.5 Å². The van der Waals surface area contributed by atoms with Crippen molar-refractivity contribution < 1.29 is 13.2 Å². The molecule has 4 rings (SSSR count). The average Bonchev–Trinajstić information content (AvgIpc) is 2.74. The molecule has 162 valence electrons. The van der Waals surface area contributed by atoms with Crippen molar-refractivity contribution in [2.45, 2.75) is 11.8 Å². The molecule has 0 aliphatic rings. The van der Waals surface area contributed by atoms with Gasteiger partial charge < -0.3 is 16.0 Å². The zero-order valence-electron chi connectivity index (χ0n) is 16.8. The van der Waals surface area contributed by atoms with E-state index in [1.807, 2.05) is 0 Å². The summed E-state index contributed by atoms with van der Waals surface area (Å²) < 4.78 is 23.4. The molecule has 32 heavy (non-hydrogen) atoms. The number of pyridine rings is 3. The first kappa shape index (κ1) is 21.2. The molecule has 11 heteroatoms. The molecule has 0 radical (unpaired) electrons. The molecule has 0 fully saturated rings. The van der Waals surface area contributed by atoms with Crippen LogP contribution in [-0.4, -0.2) is 29.3 Å². The molecule has 0 aliphatic carbocycles. The summed E-state index contributed by atoms with van der Waals surface area (Å²) in [6.07, 6.45) is 4.10. The molecular formula is C21H18N6O4S. The summed E-state index contributed by atoms with van der Waals surface area (Å²) in [7, 11) is -3.96. The SMILES string of the molecule is Cc1cc(C(N)=O)ccc1Nc1nc(-c2cncc(S(N)(=O)=O)c2)cc2cc[nH]c(=O)c12. The number of aromatic amines is 1. The van der Waals surface area contributed by atoms with Gasteiger partial charge in [0.05, 0.1) is 11.1 Å². The van der Waals surface area contributed by atoms with Crippen LogP contribution in [-0.2, 0) is 10.0 Å². The fourth-order valence-corrected chi connectivity index (χ4v) is 3.75. The molecule has 0 spiro atoms. The summed E-state index contributed by atoms with van der Waals surface area (Å²) >= 11 is 0. The van der Waals surface area contributed by atoms with E-state index in [0.717, 1.165) is 6.20 Å². The highest BCUT2D eigenvalue weighted by Crippen LogP contribution is 2.29. The zero-order chi connectivity index (χ0) is 23.0. The average molecular weight is 450 g/mol. The van der Waals surface area contributed by atoms with Crippen LogP contribution in [0, 0.1) is 6.92 Å². The van der Waals surface area contributed by atoms with Crippen LogP contribution < -0.4 is 21.7 Å². The molecule has 0 unspecified atom stereocenters. The highest BCUT2D eigenvalue weighted by molar-refractivity contribution is 7.89. The quantitative estimate of drug-likeness (QED) is 0.358. The third-order valence-electron chi connectivity index (χ3n) is 4.86. The monoisotopic (exact) mass is 450 g/mol. The molecule has 0 aliphatic heterocycles. The Hall–Kier alpha value is -4.09. The lowest BCUT2D eigenvalue weighted by Crippen LogP contribution is -2.13. The van der Waals surface area contributed by atoms with Gasteiger partial charge in [-0.3, -0.25) is 14.6 Å². The van der Waals surface area contributed by atoms with Crippen molar-refractivity contribution >= 4 is 38.2 Å². The van der Waals surface area contributed by atoms with Crippen LogP contribution >= 0.6 is 0 Å². The molecule has 10 nitrogen and oxygen atoms in total. The van der Waals surface area contributed by atoms with Crippen molar-refractivity contribution in [1.82, 2.24) is 15.0 Å². The van der Waals surface area contributed by atoms with Gasteiger partial charge in [0, 0.05) is 35.4 Å². The molecule has 1 amide bonds. The Morgan fingerprint density at radius 1 is 1.12 bits per heavy atom. The lowest BCUT2D eigenvalue weighted by molar-refractivity contribution is 0.1000. The van der Waals surface area contributed by atoms with Crippen LogP contribution in [0.2, 0.25) is 0 Å². The van der Waals surface area contributed by atoms with Crippen molar-refractivity contribution in [3.8, 4) is 11.3 Å². The molecule has 6 N–H and O–H groups in total. The van der Waals surface area contributed by atoms with E-state index < -0.39 is 15.9 Å². The standard InChI is InChI=1S/C21H18N6O4S/c1-11-6-13(19(22)28)2-3-16(11)26-20-18-12(4-5-25-21(18)29)8-17(27-20)14-7-15(10-24-9-14)32(23,30)31/h2-10H,1H3,(H2,22,28)(H,25,29)(H,26,27)(H2,23,30,31). The number of nitrogens with two attached hydrogens (primary N) is 2. The van der Waals surface area contributed by atoms with Gasteiger partial charge in [-0.1, -0.05) is 0 Å². The second-order valence-electron chi connectivity index (χ2n) is 7.10. The van der Waals surface area contributed by atoms with Gasteiger partial charge in [0.2, 0.25) is 15.9 Å². The molecule has 4 aromatic rings. The summed E-state index contributed by atoms with van der Waals surface area (Å²) in [4.78, 5) is 34.9. The number of amides is 1. The highest BCUT2D eigenvalue weighted by Gasteiger charge is 2.15. The lowest BCUT2D eigenvalue weighted by Gasteiger charge is -2.13. The Bertz CT molecular complexity index is 1550. The number of anilines is 2. The van der Waals surface area contributed by atoms with Crippen LogP contribution in [0.3, 0.4) is 0 Å². The summed E-state index contributed by atoms with van der Waals surface area (Å²) in [5, 5.41) is 9.24. The summed E-state index contributed by atoms with van der Waals surface area (Å²) in [5.41, 5.74) is 7.44. The Kier molecular flexibility index (Phi) is 5.20. The Balaban J connectivity index is 1.89. The Morgan fingerprint density at radius 2 is 1.91 bits per heavy atom. The Morgan fingerprint density at radius 3 is 2.59 bits per heavy atom. The van der Waals surface area contributed by atoms with Gasteiger partial charge in [-0.05, 0) is 54.3 Å². The minimum absolute atomic E-state index is 0.157. The van der Waals surface area contributed by atoms with Gasteiger partial charge in [-0.25, -0.2) is 18.5 Å². The van der Waals surface area contributed by atoms with E-state index in [-0.39, 0.29) is 16.3 Å². The van der Waals surface area contributed by atoms with Crippen molar-refractivity contribution in [2.75, 3.05) is 5.32 Å². The van der Waals surface area contributed by atoms with Crippen molar-refractivity contribution in [3.05, 3.63) is 76.5 Å². The third-order valence-corrected chi connectivity index (χ3v) is 5.74. The number of nitrogens with zero attached hydrogens (tertiary/aromatic N) is 2. The molecule has 3 heterocycles. The van der Waals surface area contributed by atoms with Crippen molar-refractivity contribution in [2.24, 2.45) is 10.9 Å². The minimum Gasteiger partial charge on any atom is -0.366 e. The second kappa shape index (κ2) is 7.87. The summed E-state index contributed by atoms with van der Waals surface area (Å²) in [5.74, 6) is -0.306. The lowest BCUT2D eigenvalue weighted by atomic mass is 10.1. The van der Waals surface area contributed by atoms with Gasteiger partial charge in [-0.2, -0.15) is 0 Å². The molecule has 0 saturated carbocycles. The van der Waals surface area contributed by atoms with E-state index in [9.17, 15) is 18.0 Å². The van der Waals surface area contributed by atoms with E-state index in [2.05, 4.69) is 20.3 Å². The van der Waals surface area contributed by atoms with E-state index in [4.69, 9.17) is 10.9 Å². The maximum atomic E-state index is 12.5. The topological polar surface area (TPSA) is 174 Å². The number of benzene rings is 1.